The normalized spacial score (nSPS) is 21.7. The molecule has 0 spiro atoms. The number of hydroxylamine groups is 1. The first-order valence-electron chi connectivity index (χ1n) is 7.94. The zero-order valence-electron chi connectivity index (χ0n) is 12.6. The summed E-state index contributed by atoms with van der Waals surface area (Å²) in [5.74, 6) is 0. The van der Waals surface area contributed by atoms with Crippen molar-refractivity contribution in [2.75, 3.05) is 5.06 Å². The third kappa shape index (κ3) is 3.27. The molecule has 0 aliphatic carbocycles. The highest BCUT2D eigenvalue weighted by Crippen LogP contribution is 2.39. The Morgan fingerprint density at radius 3 is 2.33 bits per heavy atom. The van der Waals surface area contributed by atoms with E-state index < -0.39 is 0 Å². The maximum absolute atomic E-state index is 6.25. The number of anilines is 1. The molecule has 0 unspecified atom stereocenters. The quantitative estimate of drug-likeness (QED) is 0.753. The summed E-state index contributed by atoms with van der Waals surface area (Å²) in [5.41, 5.74) is 2.48. The molecule has 0 saturated carbocycles. The number of benzene rings is 2. The van der Waals surface area contributed by atoms with Gasteiger partial charge in [0, 0.05) is 6.42 Å². The predicted octanol–water partition coefficient (Wildman–Crippen LogP) is 5.13. The smallest absolute Gasteiger partial charge is 0.0880 e. The molecule has 21 heavy (non-hydrogen) atoms. The topological polar surface area (TPSA) is 12.5 Å². The average Bonchev–Trinajstić information content (AvgIpc) is 2.99. The summed E-state index contributed by atoms with van der Waals surface area (Å²) >= 11 is 0. The summed E-state index contributed by atoms with van der Waals surface area (Å²) in [6, 6.07) is 21.4. The fourth-order valence-corrected chi connectivity index (χ4v) is 2.99. The highest BCUT2D eigenvalue weighted by atomic mass is 16.7. The van der Waals surface area contributed by atoms with E-state index in [4.69, 9.17) is 4.84 Å². The van der Waals surface area contributed by atoms with Crippen molar-refractivity contribution in [1.29, 1.82) is 0 Å². The Labute approximate surface area is 127 Å². The second-order valence-corrected chi connectivity index (χ2v) is 5.69. The van der Waals surface area contributed by atoms with E-state index in [0.717, 1.165) is 18.5 Å². The van der Waals surface area contributed by atoms with Gasteiger partial charge < -0.3 is 0 Å². The molecular weight excluding hydrogens is 258 g/mol. The SMILES string of the molecule is CCCC[C@@H]1C[C@@H](c2ccccc2)N(c2ccccc2)O1. The summed E-state index contributed by atoms with van der Waals surface area (Å²) in [6.07, 6.45) is 4.99. The second kappa shape index (κ2) is 6.77. The molecule has 0 aromatic heterocycles. The first kappa shape index (κ1) is 14.2. The van der Waals surface area contributed by atoms with Gasteiger partial charge in [-0.2, -0.15) is 0 Å². The lowest BCUT2D eigenvalue weighted by Gasteiger charge is -2.25. The highest BCUT2D eigenvalue weighted by Gasteiger charge is 2.34. The minimum Gasteiger partial charge on any atom is -0.269 e. The van der Waals surface area contributed by atoms with Crippen LogP contribution in [0, 0.1) is 0 Å². The lowest BCUT2D eigenvalue weighted by Crippen LogP contribution is -2.21. The fraction of sp³-hybridized carbons (Fsp3) is 0.368. The lowest BCUT2D eigenvalue weighted by molar-refractivity contribution is 0.0762. The van der Waals surface area contributed by atoms with Gasteiger partial charge in [0.15, 0.2) is 0 Å². The van der Waals surface area contributed by atoms with Crippen LogP contribution in [-0.2, 0) is 4.84 Å². The molecule has 2 heteroatoms. The van der Waals surface area contributed by atoms with Crippen LogP contribution in [0.1, 0.15) is 44.2 Å². The van der Waals surface area contributed by atoms with Gasteiger partial charge in [-0.1, -0.05) is 68.3 Å². The largest absolute Gasteiger partial charge is 0.269 e. The van der Waals surface area contributed by atoms with Gasteiger partial charge in [-0.15, -0.1) is 0 Å². The minimum absolute atomic E-state index is 0.315. The molecule has 1 fully saturated rings. The van der Waals surface area contributed by atoms with E-state index in [1.807, 2.05) is 6.07 Å². The Morgan fingerprint density at radius 1 is 1.00 bits per heavy atom. The molecule has 2 atom stereocenters. The van der Waals surface area contributed by atoms with Gasteiger partial charge in [0.2, 0.25) is 0 Å². The van der Waals surface area contributed by atoms with Crippen LogP contribution in [0.4, 0.5) is 5.69 Å². The van der Waals surface area contributed by atoms with Gasteiger partial charge in [0.1, 0.15) is 0 Å². The van der Waals surface area contributed by atoms with Crippen molar-refractivity contribution >= 4 is 5.69 Å². The van der Waals surface area contributed by atoms with E-state index in [1.54, 1.807) is 0 Å². The molecule has 0 N–H and O–H groups in total. The fourth-order valence-electron chi connectivity index (χ4n) is 2.99. The first-order valence-corrected chi connectivity index (χ1v) is 7.94. The number of unbranched alkanes of at least 4 members (excludes halogenated alkanes) is 1. The standard InChI is InChI=1S/C19H23NO/c1-2-3-14-18-15-19(16-10-6-4-7-11-16)20(21-18)17-12-8-5-9-13-17/h4-13,18-19H,2-3,14-15H2,1H3/t18-,19+/m1/s1. The molecular formula is C19H23NO. The van der Waals surface area contributed by atoms with Crippen LogP contribution in [0.25, 0.3) is 0 Å². The molecule has 0 bridgehead atoms. The van der Waals surface area contributed by atoms with Crippen LogP contribution in [0.5, 0.6) is 0 Å². The number of nitrogens with zero attached hydrogens (tertiary/aromatic N) is 1. The maximum Gasteiger partial charge on any atom is 0.0880 e. The summed E-state index contributed by atoms with van der Waals surface area (Å²) in [7, 11) is 0. The second-order valence-electron chi connectivity index (χ2n) is 5.69. The third-order valence-electron chi connectivity index (χ3n) is 4.11. The Morgan fingerprint density at radius 2 is 1.67 bits per heavy atom. The first-order chi connectivity index (χ1) is 10.4. The van der Waals surface area contributed by atoms with Crippen molar-refractivity contribution in [2.24, 2.45) is 0 Å². The Bertz CT molecular complexity index is 493. The van der Waals surface area contributed by atoms with Gasteiger partial charge >= 0.3 is 0 Å². The average molecular weight is 281 g/mol. The zero-order chi connectivity index (χ0) is 14.5. The number of hydrogen-bond donors (Lipinski definition) is 0. The molecule has 1 saturated heterocycles. The maximum atomic E-state index is 6.25. The van der Waals surface area contributed by atoms with E-state index in [-0.39, 0.29) is 0 Å². The summed E-state index contributed by atoms with van der Waals surface area (Å²) < 4.78 is 0. The predicted molar refractivity (Wildman–Crippen MR) is 87.1 cm³/mol. The molecule has 2 nitrogen and oxygen atoms in total. The molecule has 110 valence electrons. The number of rotatable bonds is 5. The third-order valence-corrected chi connectivity index (χ3v) is 4.11. The Balaban J connectivity index is 1.84. The van der Waals surface area contributed by atoms with E-state index in [2.05, 4.69) is 66.6 Å². The van der Waals surface area contributed by atoms with Gasteiger partial charge in [-0.3, -0.25) is 4.84 Å². The van der Waals surface area contributed by atoms with Crippen molar-refractivity contribution in [1.82, 2.24) is 0 Å². The Hall–Kier alpha value is -1.80. The molecule has 1 heterocycles. The lowest BCUT2D eigenvalue weighted by atomic mass is 9.99. The van der Waals surface area contributed by atoms with Gasteiger partial charge in [-0.25, -0.2) is 5.06 Å². The van der Waals surface area contributed by atoms with Crippen molar-refractivity contribution in [3.05, 3.63) is 66.2 Å². The molecule has 0 amide bonds. The van der Waals surface area contributed by atoms with Gasteiger partial charge in [0.05, 0.1) is 17.8 Å². The van der Waals surface area contributed by atoms with Crippen LogP contribution in [0.2, 0.25) is 0 Å². The number of hydrogen-bond acceptors (Lipinski definition) is 2. The van der Waals surface area contributed by atoms with Crippen LogP contribution in [0.3, 0.4) is 0 Å². The minimum atomic E-state index is 0.315. The van der Waals surface area contributed by atoms with Crippen LogP contribution in [-0.4, -0.2) is 6.10 Å². The van der Waals surface area contributed by atoms with Gasteiger partial charge in [0.25, 0.3) is 0 Å². The molecule has 2 aromatic rings. The Kier molecular flexibility index (Phi) is 4.56. The van der Waals surface area contributed by atoms with E-state index in [9.17, 15) is 0 Å². The van der Waals surface area contributed by atoms with E-state index in [1.165, 1.54) is 18.4 Å². The van der Waals surface area contributed by atoms with Crippen LogP contribution in [0.15, 0.2) is 60.7 Å². The zero-order valence-corrected chi connectivity index (χ0v) is 12.6. The van der Waals surface area contributed by atoms with Crippen LogP contribution < -0.4 is 5.06 Å². The highest BCUT2D eigenvalue weighted by molar-refractivity contribution is 5.47. The van der Waals surface area contributed by atoms with Crippen molar-refractivity contribution in [3.8, 4) is 0 Å². The molecule has 0 radical (unpaired) electrons. The van der Waals surface area contributed by atoms with Crippen molar-refractivity contribution in [3.63, 3.8) is 0 Å². The molecule has 1 aliphatic rings. The number of para-hydroxylation sites is 1. The van der Waals surface area contributed by atoms with E-state index >= 15 is 0 Å². The van der Waals surface area contributed by atoms with E-state index in [0.29, 0.717) is 12.1 Å². The van der Waals surface area contributed by atoms with Gasteiger partial charge in [-0.05, 0) is 24.1 Å². The van der Waals surface area contributed by atoms with Crippen molar-refractivity contribution < 1.29 is 4.84 Å². The monoisotopic (exact) mass is 281 g/mol. The molecule has 2 aromatic carbocycles. The van der Waals surface area contributed by atoms with Crippen LogP contribution >= 0.6 is 0 Å². The molecule has 1 aliphatic heterocycles. The molecule has 3 rings (SSSR count). The van der Waals surface area contributed by atoms with Crippen molar-refractivity contribution in [2.45, 2.75) is 44.8 Å². The summed E-state index contributed by atoms with van der Waals surface area (Å²) in [5, 5.41) is 2.11. The summed E-state index contributed by atoms with van der Waals surface area (Å²) in [6.45, 7) is 2.23. The summed E-state index contributed by atoms with van der Waals surface area (Å²) in [4.78, 5) is 6.25.